The summed E-state index contributed by atoms with van der Waals surface area (Å²) in [5.74, 6) is 0.246. The van der Waals surface area contributed by atoms with Crippen molar-refractivity contribution in [1.29, 1.82) is 0 Å². The molecule has 0 saturated heterocycles. The smallest absolute Gasteiger partial charge is 0.489 e. The van der Waals surface area contributed by atoms with Crippen molar-refractivity contribution in [3.05, 3.63) is 84.9 Å². The average Bonchev–Trinajstić information content (AvgIpc) is 2.72. The Bertz CT molecular complexity index is 1300. The molecule has 0 spiro atoms. The standard InChI is InChI=1S/C24H17BO3/c26-22-14-13-19(15-7-1-2-8-16(15)22)23-17-9-3-5-11-20(17)24(25(27)28)21-12-6-4-10-18(21)23/h1-14,26-28H. The lowest BCUT2D eigenvalue weighted by Crippen LogP contribution is -2.31. The van der Waals surface area contributed by atoms with E-state index in [1.54, 1.807) is 6.07 Å². The molecule has 0 aliphatic rings. The van der Waals surface area contributed by atoms with Gasteiger partial charge in [-0.3, -0.25) is 0 Å². The topological polar surface area (TPSA) is 60.7 Å². The molecule has 0 saturated carbocycles. The van der Waals surface area contributed by atoms with Crippen LogP contribution >= 0.6 is 0 Å². The van der Waals surface area contributed by atoms with Gasteiger partial charge in [-0.15, -0.1) is 0 Å². The summed E-state index contributed by atoms with van der Waals surface area (Å²) in [6.45, 7) is 0. The van der Waals surface area contributed by atoms with Gasteiger partial charge in [-0.25, -0.2) is 0 Å². The molecular formula is C24H17BO3. The zero-order valence-corrected chi connectivity index (χ0v) is 15.0. The Balaban J connectivity index is 2.05. The molecule has 0 aliphatic carbocycles. The third-order valence-electron chi connectivity index (χ3n) is 5.40. The van der Waals surface area contributed by atoms with Gasteiger partial charge in [0, 0.05) is 5.39 Å². The Morgan fingerprint density at radius 1 is 0.500 bits per heavy atom. The van der Waals surface area contributed by atoms with Crippen molar-refractivity contribution in [3.8, 4) is 16.9 Å². The zero-order valence-electron chi connectivity index (χ0n) is 15.0. The predicted octanol–water partition coefficient (Wildman–Crippen LogP) is 4.20. The fraction of sp³-hybridized carbons (Fsp3) is 0. The lowest BCUT2D eigenvalue weighted by molar-refractivity contribution is 0.426. The number of aromatic hydroxyl groups is 1. The second-order valence-corrected chi connectivity index (χ2v) is 6.93. The summed E-state index contributed by atoms with van der Waals surface area (Å²) < 4.78 is 0. The van der Waals surface area contributed by atoms with Crippen molar-refractivity contribution in [2.45, 2.75) is 0 Å². The third kappa shape index (κ3) is 2.39. The van der Waals surface area contributed by atoms with Gasteiger partial charge in [-0.1, -0.05) is 78.9 Å². The molecular weight excluding hydrogens is 347 g/mol. The second kappa shape index (κ2) is 6.38. The highest BCUT2D eigenvalue weighted by atomic mass is 16.4. The van der Waals surface area contributed by atoms with E-state index in [-0.39, 0.29) is 5.75 Å². The molecule has 134 valence electrons. The van der Waals surface area contributed by atoms with Gasteiger partial charge < -0.3 is 15.2 Å². The minimum Gasteiger partial charge on any atom is -0.507 e. The second-order valence-electron chi connectivity index (χ2n) is 6.93. The highest BCUT2D eigenvalue weighted by molar-refractivity contribution is 6.66. The van der Waals surface area contributed by atoms with Crippen molar-refractivity contribution in [2.75, 3.05) is 0 Å². The van der Waals surface area contributed by atoms with Crippen molar-refractivity contribution < 1.29 is 15.2 Å². The minimum absolute atomic E-state index is 0.246. The molecule has 0 aliphatic heterocycles. The van der Waals surface area contributed by atoms with Gasteiger partial charge >= 0.3 is 7.12 Å². The summed E-state index contributed by atoms with van der Waals surface area (Å²) in [4.78, 5) is 0. The third-order valence-corrected chi connectivity index (χ3v) is 5.40. The Kier molecular flexibility index (Phi) is 3.83. The molecule has 5 aromatic rings. The molecule has 0 unspecified atom stereocenters. The van der Waals surface area contributed by atoms with E-state index in [9.17, 15) is 15.2 Å². The van der Waals surface area contributed by atoms with Crippen LogP contribution in [0.2, 0.25) is 0 Å². The quantitative estimate of drug-likeness (QED) is 0.325. The van der Waals surface area contributed by atoms with Gasteiger partial charge in [0.1, 0.15) is 5.75 Å². The first-order valence-corrected chi connectivity index (χ1v) is 9.17. The number of fused-ring (bicyclic) bond motifs is 3. The van der Waals surface area contributed by atoms with Crippen LogP contribution in [0.4, 0.5) is 0 Å². The summed E-state index contributed by atoms with van der Waals surface area (Å²) >= 11 is 0. The predicted molar refractivity (Wildman–Crippen MR) is 116 cm³/mol. The van der Waals surface area contributed by atoms with Crippen molar-refractivity contribution in [1.82, 2.24) is 0 Å². The molecule has 3 N–H and O–H groups in total. The van der Waals surface area contributed by atoms with Crippen LogP contribution in [-0.2, 0) is 0 Å². The van der Waals surface area contributed by atoms with Crippen LogP contribution in [0.1, 0.15) is 0 Å². The Labute approximate surface area is 162 Å². The maximum absolute atomic E-state index is 10.3. The molecule has 0 radical (unpaired) electrons. The van der Waals surface area contributed by atoms with Gasteiger partial charge in [0.2, 0.25) is 0 Å². The van der Waals surface area contributed by atoms with E-state index in [1.807, 2.05) is 78.9 Å². The minimum atomic E-state index is -1.57. The largest absolute Gasteiger partial charge is 0.507 e. The van der Waals surface area contributed by atoms with Gasteiger partial charge in [0.15, 0.2) is 0 Å². The molecule has 0 heterocycles. The van der Waals surface area contributed by atoms with E-state index in [1.165, 1.54) is 0 Å². The molecule has 0 atom stereocenters. The fourth-order valence-corrected chi connectivity index (χ4v) is 4.23. The highest BCUT2D eigenvalue weighted by Gasteiger charge is 2.22. The maximum atomic E-state index is 10.3. The molecule has 5 rings (SSSR count). The van der Waals surface area contributed by atoms with Crippen LogP contribution in [0, 0.1) is 0 Å². The Morgan fingerprint density at radius 3 is 1.50 bits per heavy atom. The number of rotatable bonds is 2. The van der Waals surface area contributed by atoms with Crippen LogP contribution in [0.15, 0.2) is 84.9 Å². The fourth-order valence-electron chi connectivity index (χ4n) is 4.23. The summed E-state index contributed by atoms with van der Waals surface area (Å²) in [6.07, 6.45) is 0. The first-order chi connectivity index (χ1) is 13.7. The summed E-state index contributed by atoms with van der Waals surface area (Å²) in [6, 6.07) is 27.0. The first kappa shape index (κ1) is 16.8. The molecule has 3 nitrogen and oxygen atoms in total. The Morgan fingerprint density at radius 2 is 0.964 bits per heavy atom. The molecule has 4 heteroatoms. The van der Waals surface area contributed by atoms with E-state index in [0.717, 1.165) is 43.4 Å². The maximum Gasteiger partial charge on any atom is 0.489 e. The van der Waals surface area contributed by atoms with Crippen LogP contribution in [0.25, 0.3) is 43.4 Å². The molecule has 0 bridgehead atoms. The summed E-state index contributed by atoms with van der Waals surface area (Å²) in [5, 5.41) is 35.8. The lowest BCUT2D eigenvalue weighted by Gasteiger charge is -2.18. The zero-order chi connectivity index (χ0) is 19.3. The van der Waals surface area contributed by atoms with E-state index < -0.39 is 7.12 Å². The van der Waals surface area contributed by atoms with E-state index in [2.05, 4.69) is 0 Å². The number of hydrogen-bond acceptors (Lipinski definition) is 3. The molecule has 0 fully saturated rings. The van der Waals surface area contributed by atoms with Gasteiger partial charge in [0.05, 0.1) is 0 Å². The SMILES string of the molecule is OB(O)c1c2ccccc2c(-c2ccc(O)c3ccccc23)c2ccccc12. The summed E-state index contributed by atoms with van der Waals surface area (Å²) in [7, 11) is -1.57. The molecule has 28 heavy (non-hydrogen) atoms. The Hall–Kier alpha value is -3.34. The first-order valence-electron chi connectivity index (χ1n) is 9.17. The molecule has 0 amide bonds. The highest BCUT2D eigenvalue weighted by Crippen LogP contribution is 2.40. The van der Waals surface area contributed by atoms with Crippen LogP contribution < -0.4 is 5.46 Å². The number of phenolic OH excluding ortho intramolecular Hbond substituents is 1. The van der Waals surface area contributed by atoms with Gasteiger partial charge in [-0.2, -0.15) is 0 Å². The normalized spacial score (nSPS) is 11.4. The molecule has 0 aromatic heterocycles. The number of hydrogen-bond donors (Lipinski definition) is 3. The van der Waals surface area contributed by atoms with Crippen LogP contribution in [0.5, 0.6) is 5.75 Å². The van der Waals surface area contributed by atoms with E-state index >= 15 is 0 Å². The number of benzene rings is 5. The van der Waals surface area contributed by atoms with Gasteiger partial charge in [0.25, 0.3) is 0 Å². The summed E-state index contributed by atoms with van der Waals surface area (Å²) in [5.41, 5.74) is 2.53. The average molecular weight is 364 g/mol. The van der Waals surface area contributed by atoms with E-state index in [0.29, 0.717) is 5.46 Å². The number of phenols is 1. The van der Waals surface area contributed by atoms with Crippen molar-refractivity contribution in [3.63, 3.8) is 0 Å². The lowest BCUT2D eigenvalue weighted by atomic mass is 9.72. The van der Waals surface area contributed by atoms with Crippen molar-refractivity contribution in [2.24, 2.45) is 0 Å². The van der Waals surface area contributed by atoms with Crippen molar-refractivity contribution >= 4 is 44.9 Å². The van der Waals surface area contributed by atoms with E-state index in [4.69, 9.17) is 0 Å². The van der Waals surface area contributed by atoms with Crippen LogP contribution in [-0.4, -0.2) is 22.3 Å². The van der Waals surface area contributed by atoms with Crippen LogP contribution in [0.3, 0.4) is 0 Å². The van der Waals surface area contributed by atoms with Gasteiger partial charge in [-0.05, 0) is 49.6 Å². The monoisotopic (exact) mass is 364 g/mol. The molecule has 5 aromatic carbocycles.